The minimum absolute atomic E-state index is 0.221. The van der Waals surface area contributed by atoms with E-state index in [1.54, 1.807) is 18.5 Å². The fourth-order valence-electron chi connectivity index (χ4n) is 1.83. The fraction of sp³-hybridized carbons (Fsp3) is 0.182. The van der Waals surface area contributed by atoms with E-state index in [4.69, 9.17) is 5.11 Å². The van der Waals surface area contributed by atoms with Crippen LogP contribution < -0.4 is 0 Å². The minimum atomic E-state index is -0.999. The molecule has 0 bridgehead atoms. The maximum atomic E-state index is 13.4. The van der Waals surface area contributed by atoms with Gasteiger partial charge in [-0.1, -0.05) is 0 Å². The molecule has 0 aliphatic carbocycles. The van der Waals surface area contributed by atoms with Crippen LogP contribution in [0.25, 0.3) is 10.9 Å². The number of hydrogen-bond donors (Lipinski definition) is 1. The highest BCUT2D eigenvalue weighted by Crippen LogP contribution is 2.29. The monoisotopic (exact) mass is 285 g/mol. The first-order valence-electron chi connectivity index (χ1n) is 4.60. The summed E-state index contributed by atoms with van der Waals surface area (Å²) in [5, 5.41) is 9.66. The van der Waals surface area contributed by atoms with E-state index >= 15 is 0 Å². The molecule has 1 aromatic heterocycles. The van der Waals surface area contributed by atoms with E-state index in [0.717, 1.165) is 0 Å². The molecular weight excluding hydrogens is 277 g/mol. The number of rotatable bonds is 1. The van der Waals surface area contributed by atoms with Gasteiger partial charge in [-0.15, -0.1) is 0 Å². The fourth-order valence-corrected chi connectivity index (χ4v) is 2.17. The second-order valence-electron chi connectivity index (χ2n) is 3.61. The summed E-state index contributed by atoms with van der Waals surface area (Å²) in [7, 11) is 1.72. The van der Waals surface area contributed by atoms with Gasteiger partial charge in [0.25, 0.3) is 0 Å². The molecule has 0 spiro atoms. The summed E-state index contributed by atoms with van der Waals surface area (Å²) >= 11 is 3.06. The predicted molar refractivity (Wildman–Crippen MR) is 62.3 cm³/mol. The van der Waals surface area contributed by atoms with E-state index in [9.17, 15) is 9.18 Å². The van der Waals surface area contributed by atoms with Gasteiger partial charge in [-0.05, 0) is 35.0 Å². The number of aryl methyl sites for hydroxylation is 1. The lowest BCUT2D eigenvalue weighted by Crippen LogP contribution is -1.99. The normalized spacial score (nSPS) is 11.0. The van der Waals surface area contributed by atoms with Gasteiger partial charge in [0.2, 0.25) is 0 Å². The molecule has 0 aliphatic rings. The van der Waals surface area contributed by atoms with Gasteiger partial charge in [0.1, 0.15) is 5.82 Å². The van der Waals surface area contributed by atoms with Gasteiger partial charge >= 0.3 is 5.97 Å². The lowest BCUT2D eigenvalue weighted by Gasteiger charge is -1.99. The van der Waals surface area contributed by atoms with E-state index < -0.39 is 11.8 Å². The van der Waals surface area contributed by atoms with Crippen molar-refractivity contribution in [3.05, 3.63) is 33.7 Å². The van der Waals surface area contributed by atoms with Crippen LogP contribution in [0.15, 0.2) is 16.6 Å². The predicted octanol–water partition coefficient (Wildman–Crippen LogP) is 3.09. The first-order valence-corrected chi connectivity index (χ1v) is 5.40. The van der Waals surface area contributed by atoms with E-state index in [1.165, 1.54) is 12.1 Å². The molecule has 5 heteroatoms. The third-order valence-corrected chi connectivity index (χ3v) is 3.36. The van der Waals surface area contributed by atoms with Crippen LogP contribution in [0.3, 0.4) is 0 Å². The zero-order chi connectivity index (χ0) is 12.0. The second-order valence-corrected chi connectivity index (χ2v) is 4.46. The molecule has 0 atom stereocenters. The molecule has 0 amide bonds. The Morgan fingerprint density at radius 2 is 2.12 bits per heavy atom. The molecule has 1 heterocycles. The van der Waals surface area contributed by atoms with Crippen molar-refractivity contribution < 1.29 is 14.3 Å². The summed E-state index contributed by atoms with van der Waals surface area (Å²) in [6.07, 6.45) is 0. The van der Waals surface area contributed by atoms with Crippen LogP contribution in [-0.4, -0.2) is 15.6 Å². The van der Waals surface area contributed by atoms with Crippen LogP contribution >= 0.6 is 15.9 Å². The molecule has 0 unspecified atom stereocenters. The largest absolute Gasteiger partial charge is 0.478 e. The maximum Gasteiger partial charge on any atom is 0.338 e. The molecule has 84 valence electrons. The van der Waals surface area contributed by atoms with Crippen LogP contribution in [0, 0.1) is 12.7 Å². The minimum Gasteiger partial charge on any atom is -0.478 e. The highest BCUT2D eigenvalue weighted by atomic mass is 79.9. The Balaban J connectivity index is 2.97. The molecule has 3 nitrogen and oxygen atoms in total. The van der Waals surface area contributed by atoms with Crippen molar-refractivity contribution in [1.29, 1.82) is 0 Å². The van der Waals surface area contributed by atoms with Crippen LogP contribution in [0.4, 0.5) is 4.39 Å². The second kappa shape index (κ2) is 3.59. The number of nitrogens with zero attached hydrogens (tertiary/aromatic N) is 1. The van der Waals surface area contributed by atoms with E-state index in [0.29, 0.717) is 16.6 Å². The van der Waals surface area contributed by atoms with Gasteiger partial charge in [-0.25, -0.2) is 9.18 Å². The number of carboxylic acid groups (broad SMARTS) is 1. The standard InChI is InChI=1S/C11H9BrFNO2/c1-5-10(11(15)16)6-3-7(12)8(13)4-9(6)14(5)2/h3-4H,1-2H3,(H,15,16). The van der Waals surface area contributed by atoms with Crippen molar-refractivity contribution in [2.45, 2.75) is 6.92 Å². The van der Waals surface area contributed by atoms with E-state index in [-0.39, 0.29) is 10.0 Å². The van der Waals surface area contributed by atoms with Crippen molar-refractivity contribution >= 4 is 32.8 Å². The average molecular weight is 286 g/mol. The lowest BCUT2D eigenvalue weighted by molar-refractivity contribution is 0.0698. The zero-order valence-electron chi connectivity index (χ0n) is 8.71. The van der Waals surface area contributed by atoms with Gasteiger partial charge in [0.15, 0.2) is 0 Å². The maximum absolute atomic E-state index is 13.4. The van der Waals surface area contributed by atoms with Gasteiger partial charge in [0, 0.05) is 18.1 Å². The van der Waals surface area contributed by atoms with Crippen molar-refractivity contribution in [2.24, 2.45) is 7.05 Å². The molecule has 16 heavy (non-hydrogen) atoms. The van der Waals surface area contributed by atoms with Crippen molar-refractivity contribution in [1.82, 2.24) is 4.57 Å². The number of fused-ring (bicyclic) bond motifs is 1. The smallest absolute Gasteiger partial charge is 0.338 e. The molecule has 0 saturated heterocycles. The van der Waals surface area contributed by atoms with Crippen LogP contribution in [-0.2, 0) is 7.05 Å². The molecule has 2 rings (SSSR count). The molecular formula is C11H9BrFNO2. The number of aromatic nitrogens is 1. The van der Waals surface area contributed by atoms with Crippen LogP contribution in [0.5, 0.6) is 0 Å². The topological polar surface area (TPSA) is 42.2 Å². The molecule has 0 radical (unpaired) electrons. The molecule has 1 N–H and O–H groups in total. The Morgan fingerprint density at radius 1 is 1.50 bits per heavy atom. The molecule has 0 fully saturated rings. The average Bonchev–Trinajstić information content (AvgIpc) is 2.42. The van der Waals surface area contributed by atoms with Crippen molar-refractivity contribution in [3.63, 3.8) is 0 Å². The first kappa shape index (κ1) is 11.1. The Morgan fingerprint density at radius 3 is 2.69 bits per heavy atom. The number of aromatic carboxylic acids is 1. The SMILES string of the molecule is Cc1c(C(=O)O)c2cc(Br)c(F)cc2n1C. The van der Waals surface area contributed by atoms with Gasteiger partial charge < -0.3 is 9.67 Å². The molecule has 1 aromatic carbocycles. The highest BCUT2D eigenvalue weighted by molar-refractivity contribution is 9.10. The number of halogens is 2. The zero-order valence-corrected chi connectivity index (χ0v) is 10.3. The summed E-state index contributed by atoms with van der Waals surface area (Å²) in [6.45, 7) is 1.70. The Hall–Kier alpha value is -1.36. The summed E-state index contributed by atoms with van der Waals surface area (Å²) < 4.78 is 15.3. The van der Waals surface area contributed by atoms with Gasteiger partial charge in [0.05, 0.1) is 15.6 Å². The molecule has 0 saturated carbocycles. The number of benzene rings is 1. The summed E-state index contributed by atoms with van der Waals surface area (Å²) in [6, 6.07) is 2.83. The van der Waals surface area contributed by atoms with E-state index in [2.05, 4.69) is 15.9 Å². The van der Waals surface area contributed by atoms with Gasteiger partial charge in [-0.2, -0.15) is 0 Å². The summed E-state index contributed by atoms with van der Waals surface area (Å²) in [5.41, 5.74) is 1.41. The van der Waals surface area contributed by atoms with Crippen molar-refractivity contribution in [2.75, 3.05) is 0 Å². The first-order chi connectivity index (χ1) is 7.43. The Bertz CT molecular complexity index is 604. The lowest BCUT2D eigenvalue weighted by atomic mass is 10.1. The quantitative estimate of drug-likeness (QED) is 0.875. The Labute approximate surface area is 99.6 Å². The van der Waals surface area contributed by atoms with Gasteiger partial charge in [-0.3, -0.25) is 0 Å². The van der Waals surface area contributed by atoms with Crippen LogP contribution in [0.1, 0.15) is 16.1 Å². The molecule has 2 aromatic rings. The molecule has 0 aliphatic heterocycles. The third-order valence-electron chi connectivity index (χ3n) is 2.75. The number of hydrogen-bond acceptors (Lipinski definition) is 1. The number of carbonyl (C=O) groups is 1. The Kier molecular flexibility index (Phi) is 2.50. The third kappa shape index (κ3) is 1.43. The van der Waals surface area contributed by atoms with Crippen LogP contribution in [0.2, 0.25) is 0 Å². The number of carboxylic acids is 1. The summed E-state index contributed by atoms with van der Waals surface area (Å²) in [4.78, 5) is 11.1. The van der Waals surface area contributed by atoms with E-state index in [1.807, 2.05) is 0 Å². The van der Waals surface area contributed by atoms with Crippen molar-refractivity contribution in [3.8, 4) is 0 Å². The summed E-state index contributed by atoms with van der Waals surface area (Å²) in [5.74, 6) is -1.40. The highest BCUT2D eigenvalue weighted by Gasteiger charge is 2.19.